The number of nitrogens with zero attached hydrogens (tertiary/aromatic N) is 3. The molecule has 5 heteroatoms. The van der Waals surface area contributed by atoms with E-state index in [4.69, 9.17) is 0 Å². The predicted octanol–water partition coefficient (Wildman–Crippen LogP) is 1.57. The highest BCUT2D eigenvalue weighted by molar-refractivity contribution is 5.33. The Kier molecular flexibility index (Phi) is 4.31. The van der Waals surface area contributed by atoms with Crippen LogP contribution in [0.15, 0.2) is 36.7 Å². The van der Waals surface area contributed by atoms with E-state index in [9.17, 15) is 5.11 Å². The molecule has 110 valence electrons. The summed E-state index contributed by atoms with van der Waals surface area (Å²) in [5.41, 5.74) is 2.11. The van der Waals surface area contributed by atoms with Gasteiger partial charge in [0, 0.05) is 38.4 Å². The molecule has 1 aromatic heterocycles. The van der Waals surface area contributed by atoms with Crippen LogP contribution in [-0.2, 0) is 6.42 Å². The van der Waals surface area contributed by atoms with Crippen molar-refractivity contribution in [3.05, 3.63) is 47.8 Å². The van der Waals surface area contributed by atoms with E-state index in [1.807, 2.05) is 24.5 Å². The van der Waals surface area contributed by atoms with Crippen molar-refractivity contribution in [1.29, 1.82) is 0 Å². The molecule has 5 nitrogen and oxygen atoms in total. The molecule has 0 atom stereocenters. The fraction of sp³-hybridized carbons (Fsp3) is 0.375. The monoisotopic (exact) mass is 284 g/mol. The number of anilines is 1. The van der Waals surface area contributed by atoms with Crippen molar-refractivity contribution in [3.63, 3.8) is 0 Å². The second kappa shape index (κ2) is 6.54. The summed E-state index contributed by atoms with van der Waals surface area (Å²) in [5, 5.41) is 12.9. The van der Waals surface area contributed by atoms with Crippen molar-refractivity contribution in [2.45, 2.75) is 12.8 Å². The summed E-state index contributed by atoms with van der Waals surface area (Å²) in [6, 6.07) is 7.29. The Morgan fingerprint density at radius 2 is 1.95 bits per heavy atom. The quantitative estimate of drug-likeness (QED) is 0.896. The molecule has 2 heterocycles. The fourth-order valence-corrected chi connectivity index (χ4v) is 2.55. The maximum atomic E-state index is 9.49. The van der Waals surface area contributed by atoms with E-state index in [1.54, 1.807) is 12.1 Å². The van der Waals surface area contributed by atoms with Gasteiger partial charge in [0.2, 0.25) is 5.95 Å². The lowest BCUT2D eigenvalue weighted by molar-refractivity contribution is 0.474. The second-order valence-corrected chi connectivity index (χ2v) is 5.33. The highest BCUT2D eigenvalue weighted by Gasteiger charge is 2.11. The van der Waals surface area contributed by atoms with Crippen LogP contribution in [0.1, 0.15) is 17.5 Å². The van der Waals surface area contributed by atoms with Crippen LogP contribution in [-0.4, -0.2) is 41.3 Å². The van der Waals surface area contributed by atoms with Gasteiger partial charge in [0.05, 0.1) is 0 Å². The number of hydrogen-bond donors (Lipinski definition) is 2. The van der Waals surface area contributed by atoms with Crippen molar-refractivity contribution in [2.24, 2.45) is 0 Å². The van der Waals surface area contributed by atoms with E-state index in [0.29, 0.717) is 5.75 Å². The Morgan fingerprint density at radius 1 is 1.10 bits per heavy atom. The Labute approximate surface area is 124 Å². The lowest BCUT2D eigenvalue weighted by atomic mass is 10.1. The lowest BCUT2D eigenvalue weighted by Gasteiger charge is -2.19. The van der Waals surface area contributed by atoms with Gasteiger partial charge >= 0.3 is 0 Å². The van der Waals surface area contributed by atoms with Gasteiger partial charge in [-0.3, -0.25) is 0 Å². The van der Waals surface area contributed by atoms with Crippen molar-refractivity contribution < 1.29 is 5.11 Å². The molecule has 2 aromatic rings. The first-order valence-corrected chi connectivity index (χ1v) is 7.36. The maximum absolute atomic E-state index is 9.49. The number of aromatic hydroxyl groups is 1. The van der Waals surface area contributed by atoms with Crippen LogP contribution in [0.5, 0.6) is 5.75 Å². The summed E-state index contributed by atoms with van der Waals surface area (Å²) in [6.45, 7) is 3.99. The molecular weight excluding hydrogens is 264 g/mol. The van der Waals surface area contributed by atoms with Crippen molar-refractivity contribution in [2.75, 3.05) is 31.1 Å². The molecule has 0 aliphatic carbocycles. The summed E-state index contributed by atoms with van der Waals surface area (Å²) >= 11 is 0. The highest BCUT2D eigenvalue weighted by atomic mass is 16.3. The van der Waals surface area contributed by atoms with Crippen LogP contribution in [0.2, 0.25) is 0 Å². The zero-order chi connectivity index (χ0) is 14.5. The first-order chi connectivity index (χ1) is 10.3. The molecule has 0 saturated carbocycles. The Balaban J connectivity index is 1.68. The van der Waals surface area contributed by atoms with E-state index >= 15 is 0 Å². The number of aromatic nitrogens is 2. The number of phenolic OH excluding ortho intramolecular Hbond substituents is 1. The van der Waals surface area contributed by atoms with Crippen LogP contribution < -0.4 is 10.2 Å². The van der Waals surface area contributed by atoms with Crippen molar-refractivity contribution >= 4 is 5.95 Å². The van der Waals surface area contributed by atoms with E-state index in [0.717, 1.165) is 56.1 Å². The molecule has 0 radical (unpaired) electrons. The molecule has 1 aliphatic rings. The molecule has 0 bridgehead atoms. The van der Waals surface area contributed by atoms with Crippen LogP contribution >= 0.6 is 0 Å². The number of phenols is 1. The van der Waals surface area contributed by atoms with Gasteiger partial charge < -0.3 is 15.3 Å². The maximum Gasteiger partial charge on any atom is 0.225 e. The minimum atomic E-state index is 0.294. The van der Waals surface area contributed by atoms with Gasteiger partial charge in [0.25, 0.3) is 0 Å². The molecule has 21 heavy (non-hydrogen) atoms. The second-order valence-electron chi connectivity index (χ2n) is 5.33. The van der Waals surface area contributed by atoms with Gasteiger partial charge in [-0.1, -0.05) is 12.1 Å². The molecule has 0 spiro atoms. The average Bonchev–Trinajstić information content (AvgIpc) is 2.77. The molecule has 2 N–H and O–H groups in total. The van der Waals surface area contributed by atoms with Gasteiger partial charge in [-0.05, 0) is 36.2 Å². The normalized spacial score (nSPS) is 15.7. The third-order valence-electron chi connectivity index (χ3n) is 3.63. The van der Waals surface area contributed by atoms with Crippen molar-refractivity contribution in [1.82, 2.24) is 15.3 Å². The largest absolute Gasteiger partial charge is 0.508 e. The average molecular weight is 284 g/mol. The summed E-state index contributed by atoms with van der Waals surface area (Å²) in [6.07, 6.45) is 5.61. The number of benzene rings is 1. The zero-order valence-electron chi connectivity index (χ0n) is 12.0. The zero-order valence-corrected chi connectivity index (χ0v) is 12.0. The minimum Gasteiger partial charge on any atom is -0.508 e. The smallest absolute Gasteiger partial charge is 0.225 e. The summed E-state index contributed by atoms with van der Waals surface area (Å²) < 4.78 is 0. The molecule has 1 aliphatic heterocycles. The van der Waals surface area contributed by atoms with Gasteiger partial charge in [-0.25, -0.2) is 9.97 Å². The number of hydrogen-bond acceptors (Lipinski definition) is 5. The molecule has 0 amide bonds. The van der Waals surface area contributed by atoms with Gasteiger partial charge in [-0.2, -0.15) is 0 Å². The van der Waals surface area contributed by atoms with E-state index < -0.39 is 0 Å². The van der Waals surface area contributed by atoms with Crippen LogP contribution in [0, 0.1) is 0 Å². The SMILES string of the molecule is Oc1cccc(Cc2cnc(N3CCCNCC3)nc2)c1. The minimum absolute atomic E-state index is 0.294. The van der Waals surface area contributed by atoms with E-state index in [1.165, 1.54) is 0 Å². The van der Waals surface area contributed by atoms with Gasteiger partial charge in [0.15, 0.2) is 0 Å². The first-order valence-electron chi connectivity index (χ1n) is 7.36. The molecular formula is C16H20N4O. The molecule has 1 saturated heterocycles. The molecule has 1 fully saturated rings. The Morgan fingerprint density at radius 3 is 2.76 bits per heavy atom. The first kappa shape index (κ1) is 13.8. The highest BCUT2D eigenvalue weighted by Crippen LogP contribution is 2.15. The number of nitrogens with one attached hydrogen (secondary N) is 1. The fourth-order valence-electron chi connectivity index (χ4n) is 2.55. The van der Waals surface area contributed by atoms with Crippen LogP contribution in [0.3, 0.4) is 0 Å². The third-order valence-corrected chi connectivity index (χ3v) is 3.63. The Hall–Kier alpha value is -2.14. The summed E-state index contributed by atoms with van der Waals surface area (Å²) in [7, 11) is 0. The predicted molar refractivity (Wildman–Crippen MR) is 82.6 cm³/mol. The van der Waals surface area contributed by atoms with E-state index in [-0.39, 0.29) is 0 Å². The van der Waals surface area contributed by atoms with E-state index in [2.05, 4.69) is 20.2 Å². The molecule has 1 aromatic carbocycles. The molecule has 3 rings (SSSR count). The topological polar surface area (TPSA) is 61.3 Å². The van der Waals surface area contributed by atoms with Gasteiger partial charge in [-0.15, -0.1) is 0 Å². The number of rotatable bonds is 3. The lowest BCUT2D eigenvalue weighted by Crippen LogP contribution is -2.29. The van der Waals surface area contributed by atoms with Crippen molar-refractivity contribution in [3.8, 4) is 5.75 Å². The summed E-state index contributed by atoms with van der Waals surface area (Å²) in [5.74, 6) is 1.10. The Bertz CT molecular complexity index is 577. The third kappa shape index (κ3) is 3.70. The van der Waals surface area contributed by atoms with Crippen LogP contribution in [0.4, 0.5) is 5.95 Å². The van der Waals surface area contributed by atoms with Gasteiger partial charge in [0.1, 0.15) is 5.75 Å². The molecule has 0 unspecified atom stereocenters. The summed E-state index contributed by atoms with van der Waals surface area (Å²) in [4.78, 5) is 11.2. The standard InChI is InChI=1S/C16H20N4O/c21-15-4-1-3-13(10-15)9-14-11-18-16(19-12-14)20-7-2-5-17-6-8-20/h1,3-4,10-12,17,21H,2,5-9H2. The van der Waals surface area contributed by atoms with Crippen LogP contribution in [0.25, 0.3) is 0 Å².